The molecule has 1 aromatic rings. The molecule has 20 heavy (non-hydrogen) atoms. The lowest BCUT2D eigenvalue weighted by atomic mass is 10.1. The fraction of sp³-hybridized carbons (Fsp3) is 0.562. The number of halogens is 1. The number of benzene rings is 1. The molecule has 1 atom stereocenters. The van der Waals surface area contributed by atoms with Crippen LogP contribution in [0.2, 0.25) is 0 Å². The molecule has 0 aliphatic rings. The largest absolute Gasteiger partial charge is 0.356 e. The summed E-state index contributed by atoms with van der Waals surface area (Å²) in [6, 6.07) is 9.30. The molecule has 0 spiro atoms. The fourth-order valence-corrected chi connectivity index (χ4v) is 1.80. The molecule has 114 valence electrons. The number of aryl methyl sites for hydroxylation is 1. The lowest BCUT2D eigenvalue weighted by molar-refractivity contribution is 0.624. The van der Waals surface area contributed by atoms with Gasteiger partial charge in [-0.3, -0.25) is 4.99 Å². The van der Waals surface area contributed by atoms with Crippen molar-refractivity contribution in [1.29, 1.82) is 0 Å². The highest BCUT2D eigenvalue weighted by Gasteiger charge is 2.02. The molecule has 1 rings (SSSR count). The van der Waals surface area contributed by atoms with Gasteiger partial charge in [-0.25, -0.2) is 0 Å². The van der Waals surface area contributed by atoms with Crippen LogP contribution in [0.5, 0.6) is 0 Å². The predicted molar refractivity (Wildman–Crippen MR) is 99.2 cm³/mol. The maximum Gasteiger partial charge on any atom is 0.191 e. The third kappa shape index (κ3) is 7.12. The average molecular weight is 389 g/mol. The van der Waals surface area contributed by atoms with Crippen LogP contribution in [0.25, 0.3) is 0 Å². The van der Waals surface area contributed by atoms with Gasteiger partial charge in [0.05, 0.1) is 0 Å². The number of aliphatic imine (C=N–C) groups is 1. The molecular weight excluding hydrogens is 361 g/mol. The van der Waals surface area contributed by atoms with Gasteiger partial charge in [0.25, 0.3) is 0 Å². The summed E-state index contributed by atoms with van der Waals surface area (Å²) in [5.41, 5.74) is 2.76. The Labute approximate surface area is 140 Å². The van der Waals surface area contributed by atoms with E-state index in [0.29, 0.717) is 6.04 Å². The molecule has 0 aromatic heterocycles. The molecule has 0 radical (unpaired) electrons. The standard InChI is InChI=1S/C16H27N3.HI/c1-5-13(3)19-16(17-4)18-12-11-15-9-7-14(6-2)8-10-15;/h7-10,13H,5-6,11-12H2,1-4H3,(H2,17,18,19);1H. The minimum Gasteiger partial charge on any atom is -0.356 e. The van der Waals surface area contributed by atoms with Crippen LogP contribution in [0.15, 0.2) is 29.3 Å². The summed E-state index contributed by atoms with van der Waals surface area (Å²) >= 11 is 0. The van der Waals surface area contributed by atoms with E-state index in [1.54, 1.807) is 0 Å². The highest BCUT2D eigenvalue weighted by Crippen LogP contribution is 2.05. The molecule has 3 nitrogen and oxygen atoms in total. The van der Waals surface area contributed by atoms with Crippen molar-refractivity contribution in [1.82, 2.24) is 10.6 Å². The van der Waals surface area contributed by atoms with Crippen LogP contribution in [0, 0.1) is 0 Å². The van der Waals surface area contributed by atoms with E-state index < -0.39 is 0 Å². The van der Waals surface area contributed by atoms with Gasteiger partial charge in [0.1, 0.15) is 0 Å². The predicted octanol–water partition coefficient (Wildman–Crippen LogP) is 3.37. The Balaban J connectivity index is 0.00000361. The van der Waals surface area contributed by atoms with Gasteiger partial charge in [-0.2, -0.15) is 0 Å². The molecule has 0 aliphatic carbocycles. The highest BCUT2D eigenvalue weighted by atomic mass is 127. The van der Waals surface area contributed by atoms with Crippen LogP contribution in [0.4, 0.5) is 0 Å². The summed E-state index contributed by atoms with van der Waals surface area (Å²) in [5.74, 6) is 0.888. The van der Waals surface area contributed by atoms with E-state index in [0.717, 1.165) is 31.8 Å². The van der Waals surface area contributed by atoms with E-state index in [1.165, 1.54) is 11.1 Å². The smallest absolute Gasteiger partial charge is 0.191 e. The third-order valence-electron chi connectivity index (χ3n) is 3.36. The quantitative estimate of drug-likeness (QED) is 0.445. The SMILES string of the molecule is CCc1ccc(CCNC(=NC)NC(C)CC)cc1.I. The third-order valence-corrected chi connectivity index (χ3v) is 3.36. The second-order valence-corrected chi connectivity index (χ2v) is 4.87. The molecule has 0 amide bonds. The van der Waals surface area contributed by atoms with Crippen molar-refractivity contribution in [2.24, 2.45) is 4.99 Å². The van der Waals surface area contributed by atoms with Crippen molar-refractivity contribution in [3.05, 3.63) is 35.4 Å². The summed E-state index contributed by atoms with van der Waals surface area (Å²) in [7, 11) is 1.81. The molecule has 0 saturated heterocycles. The van der Waals surface area contributed by atoms with Crippen LogP contribution in [-0.2, 0) is 12.8 Å². The number of rotatable bonds is 6. The molecule has 4 heteroatoms. The Bertz CT molecular complexity index is 387. The van der Waals surface area contributed by atoms with E-state index in [1.807, 2.05) is 7.05 Å². The number of guanidine groups is 1. The summed E-state index contributed by atoms with van der Waals surface area (Å²) in [6.07, 6.45) is 3.22. The number of hydrogen-bond donors (Lipinski definition) is 2. The van der Waals surface area contributed by atoms with E-state index in [4.69, 9.17) is 0 Å². The van der Waals surface area contributed by atoms with Crippen molar-refractivity contribution in [2.75, 3.05) is 13.6 Å². The van der Waals surface area contributed by atoms with Gasteiger partial charge in [0, 0.05) is 19.6 Å². The number of nitrogens with one attached hydrogen (secondary N) is 2. The summed E-state index contributed by atoms with van der Waals surface area (Å²) < 4.78 is 0. The zero-order valence-electron chi connectivity index (χ0n) is 13.1. The summed E-state index contributed by atoms with van der Waals surface area (Å²) in [5, 5.41) is 6.71. The first kappa shape index (κ1) is 19.2. The van der Waals surface area contributed by atoms with Gasteiger partial charge in [0.2, 0.25) is 0 Å². The monoisotopic (exact) mass is 389 g/mol. The maximum absolute atomic E-state index is 4.23. The van der Waals surface area contributed by atoms with Crippen LogP contribution >= 0.6 is 24.0 Å². The van der Waals surface area contributed by atoms with Gasteiger partial charge < -0.3 is 10.6 Å². The van der Waals surface area contributed by atoms with Gasteiger partial charge in [-0.1, -0.05) is 38.1 Å². The van der Waals surface area contributed by atoms with Crippen LogP contribution in [0.3, 0.4) is 0 Å². The van der Waals surface area contributed by atoms with Gasteiger partial charge >= 0.3 is 0 Å². The summed E-state index contributed by atoms with van der Waals surface area (Å²) in [6.45, 7) is 7.42. The first-order chi connectivity index (χ1) is 9.19. The van der Waals surface area contributed by atoms with Gasteiger partial charge in [-0.15, -0.1) is 24.0 Å². The zero-order chi connectivity index (χ0) is 14.1. The lowest BCUT2D eigenvalue weighted by Crippen LogP contribution is -2.42. The zero-order valence-corrected chi connectivity index (χ0v) is 15.4. The lowest BCUT2D eigenvalue weighted by Gasteiger charge is -2.16. The topological polar surface area (TPSA) is 36.4 Å². The fourth-order valence-electron chi connectivity index (χ4n) is 1.80. The molecule has 0 bridgehead atoms. The van der Waals surface area contributed by atoms with Crippen molar-refractivity contribution in [2.45, 2.75) is 46.1 Å². The molecular formula is C16H28IN3. The van der Waals surface area contributed by atoms with E-state index in [9.17, 15) is 0 Å². The molecule has 2 N–H and O–H groups in total. The van der Waals surface area contributed by atoms with Gasteiger partial charge in [-0.05, 0) is 37.3 Å². The Morgan fingerprint density at radius 1 is 1.15 bits per heavy atom. The van der Waals surface area contributed by atoms with Gasteiger partial charge in [0.15, 0.2) is 5.96 Å². The summed E-state index contributed by atoms with van der Waals surface area (Å²) in [4.78, 5) is 4.23. The van der Waals surface area contributed by atoms with Crippen LogP contribution < -0.4 is 10.6 Å². The first-order valence-corrected chi connectivity index (χ1v) is 7.24. The molecule has 0 aliphatic heterocycles. The normalized spacial score (nSPS) is 12.5. The van der Waals surface area contributed by atoms with Crippen molar-refractivity contribution in [3.63, 3.8) is 0 Å². The number of nitrogens with zero attached hydrogens (tertiary/aromatic N) is 1. The molecule has 0 fully saturated rings. The van der Waals surface area contributed by atoms with E-state index in [2.05, 4.69) is 60.7 Å². The van der Waals surface area contributed by atoms with Crippen molar-refractivity contribution < 1.29 is 0 Å². The Morgan fingerprint density at radius 2 is 1.75 bits per heavy atom. The average Bonchev–Trinajstić information content (AvgIpc) is 2.46. The highest BCUT2D eigenvalue weighted by molar-refractivity contribution is 14.0. The Morgan fingerprint density at radius 3 is 2.25 bits per heavy atom. The van der Waals surface area contributed by atoms with Crippen LogP contribution in [-0.4, -0.2) is 25.6 Å². The van der Waals surface area contributed by atoms with Crippen molar-refractivity contribution >= 4 is 29.9 Å². The van der Waals surface area contributed by atoms with Crippen molar-refractivity contribution in [3.8, 4) is 0 Å². The first-order valence-electron chi connectivity index (χ1n) is 7.24. The van der Waals surface area contributed by atoms with E-state index in [-0.39, 0.29) is 24.0 Å². The minimum absolute atomic E-state index is 0. The molecule has 0 heterocycles. The van der Waals surface area contributed by atoms with Crippen LogP contribution in [0.1, 0.15) is 38.3 Å². The molecule has 1 aromatic carbocycles. The second kappa shape index (κ2) is 10.9. The molecule has 1 unspecified atom stereocenters. The molecule has 0 saturated carbocycles. The maximum atomic E-state index is 4.23. The minimum atomic E-state index is 0. The number of hydrogen-bond acceptors (Lipinski definition) is 1. The van der Waals surface area contributed by atoms with E-state index >= 15 is 0 Å². The second-order valence-electron chi connectivity index (χ2n) is 4.87. The Kier molecular flexibility index (Phi) is 10.5. The Hall–Kier alpha value is -0.780.